The largest absolute Gasteiger partial charge is 0.493 e. The number of hydrogen-bond donors (Lipinski definition) is 0. The van der Waals surface area contributed by atoms with E-state index in [1.54, 1.807) is 37.3 Å². The van der Waals surface area contributed by atoms with Gasteiger partial charge < -0.3 is 14.2 Å². The number of carbonyl (C=O) groups is 1. The summed E-state index contributed by atoms with van der Waals surface area (Å²) in [5.41, 5.74) is 1.42. The fourth-order valence-electron chi connectivity index (χ4n) is 2.06. The number of rotatable bonds is 7. The van der Waals surface area contributed by atoms with E-state index in [4.69, 9.17) is 25.8 Å². The lowest BCUT2D eigenvalue weighted by molar-refractivity contribution is -0.137. The van der Waals surface area contributed by atoms with Gasteiger partial charge >= 0.3 is 5.97 Å². The molecule has 0 spiro atoms. The molecule has 0 saturated heterocycles. The summed E-state index contributed by atoms with van der Waals surface area (Å²) in [6, 6.07) is 9.37. The van der Waals surface area contributed by atoms with E-state index in [0.717, 1.165) is 5.56 Å². The molecule has 2 aromatic rings. The topological polar surface area (TPSA) is 44.8 Å². The number of methoxy groups -OCH3 is 1. The monoisotopic (exact) mass is 364 g/mol. The fourth-order valence-corrected chi connectivity index (χ4v) is 2.28. The SMILES string of the molecule is CCOC(=O)/C=C/c1ccc(OCc2ccc(F)cc2Cl)c(OC)c1. The lowest BCUT2D eigenvalue weighted by atomic mass is 10.2. The Morgan fingerprint density at radius 1 is 1.20 bits per heavy atom. The average Bonchev–Trinajstić information content (AvgIpc) is 2.60. The van der Waals surface area contributed by atoms with Crippen molar-refractivity contribution in [3.05, 3.63) is 64.4 Å². The van der Waals surface area contributed by atoms with Crippen molar-refractivity contribution in [3.63, 3.8) is 0 Å². The molecule has 0 aliphatic carbocycles. The second-order valence-corrected chi connectivity index (χ2v) is 5.43. The first-order chi connectivity index (χ1) is 12.0. The van der Waals surface area contributed by atoms with Gasteiger partial charge in [0.1, 0.15) is 12.4 Å². The number of ether oxygens (including phenoxy) is 3. The minimum Gasteiger partial charge on any atom is -0.493 e. The second kappa shape index (κ2) is 9.08. The van der Waals surface area contributed by atoms with Crippen molar-refractivity contribution < 1.29 is 23.4 Å². The van der Waals surface area contributed by atoms with Crippen LogP contribution in [-0.2, 0) is 16.1 Å². The molecule has 0 amide bonds. The van der Waals surface area contributed by atoms with Crippen LogP contribution in [0.1, 0.15) is 18.1 Å². The lowest BCUT2D eigenvalue weighted by Gasteiger charge is -2.12. The highest BCUT2D eigenvalue weighted by atomic mass is 35.5. The van der Waals surface area contributed by atoms with Gasteiger partial charge in [0, 0.05) is 11.6 Å². The Morgan fingerprint density at radius 2 is 2.00 bits per heavy atom. The van der Waals surface area contributed by atoms with Gasteiger partial charge in [0.2, 0.25) is 0 Å². The third-order valence-electron chi connectivity index (χ3n) is 3.28. The number of esters is 1. The summed E-state index contributed by atoms with van der Waals surface area (Å²) in [4.78, 5) is 11.3. The number of halogens is 2. The maximum atomic E-state index is 13.1. The fraction of sp³-hybridized carbons (Fsp3) is 0.211. The predicted molar refractivity (Wildman–Crippen MR) is 94.4 cm³/mol. The highest BCUT2D eigenvalue weighted by Crippen LogP contribution is 2.30. The van der Waals surface area contributed by atoms with E-state index in [0.29, 0.717) is 28.7 Å². The molecule has 0 unspecified atom stereocenters. The average molecular weight is 365 g/mol. The second-order valence-electron chi connectivity index (χ2n) is 5.02. The van der Waals surface area contributed by atoms with Crippen LogP contribution in [0.3, 0.4) is 0 Å². The van der Waals surface area contributed by atoms with Crippen LogP contribution in [0.2, 0.25) is 5.02 Å². The molecule has 0 heterocycles. The smallest absolute Gasteiger partial charge is 0.330 e. The molecule has 0 aliphatic rings. The normalized spacial score (nSPS) is 10.7. The summed E-state index contributed by atoms with van der Waals surface area (Å²) in [6.07, 6.45) is 2.97. The van der Waals surface area contributed by atoms with Gasteiger partial charge in [0.05, 0.1) is 18.7 Å². The van der Waals surface area contributed by atoms with Crippen molar-refractivity contribution in [1.82, 2.24) is 0 Å². The Labute approximate surface area is 150 Å². The minimum absolute atomic E-state index is 0.174. The molecule has 25 heavy (non-hydrogen) atoms. The maximum absolute atomic E-state index is 13.1. The van der Waals surface area contributed by atoms with Crippen LogP contribution in [0.5, 0.6) is 11.5 Å². The molecule has 0 fully saturated rings. The van der Waals surface area contributed by atoms with Crippen molar-refractivity contribution in [2.75, 3.05) is 13.7 Å². The molecule has 0 radical (unpaired) electrons. The van der Waals surface area contributed by atoms with Crippen LogP contribution < -0.4 is 9.47 Å². The zero-order valence-electron chi connectivity index (χ0n) is 13.9. The maximum Gasteiger partial charge on any atom is 0.330 e. The van der Waals surface area contributed by atoms with Crippen LogP contribution in [0.4, 0.5) is 4.39 Å². The molecular formula is C19H18ClFO4. The van der Waals surface area contributed by atoms with Gasteiger partial charge in [-0.25, -0.2) is 9.18 Å². The van der Waals surface area contributed by atoms with E-state index < -0.39 is 11.8 Å². The third kappa shape index (κ3) is 5.50. The quantitative estimate of drug-likeness (QED) is 0.530. The van der Waals surface area contributed by atoms with Crippen molar-refractivity contribution >= 4 is 23.6 Å². The summed E-state index contributed by atoms with van der Waals surface area (Å²) in [5, 5.41) is 0.299. The van der Waals surface area contributed by atoms with E-state index in [9.17, 15) is 9.18 Å². The van der Waals surface area contributed by atoms with Gasteiger partial charge in [-0.15, -0.1) is 0 Å². The Morgan fingerprint density at radius 3 is 2.68 bits per heavy atom. The highest BCUT2D eigenvalue weighted by Gasteiger charge is 2.08. The van der Waals surface area contributed by atoms with Crippen LogP contribution in [0.15, 0.2) is 42.5 Å². The molecule has 0 aliphatic heterocycles. The molecule has 132 valence electrons. The van der Waals surface area contributed by atoms with E-state index >= 15 is 0 Å². The first-order valence-electron chi connectivity index (χ1n) is 7.63. The zero-order chi connectivity index (χ0) is 18.2. The molecule has 0 N–H and O–H groups in total. The van der Waals surface area contributed by atoms with Crippen LogP contribution in [-0.4, -0.2) is 19.7 Å². The standard InChI is InChI=1S/C19H18ClFO4/c1-3-24-19(22)9-5-13-4-8-17(18(10-13)23-2)25-12-14-6-7-15(21)11-16(14)20/h4-11H,3,12H2,1-2H3/b9-5+. The van der Waals surface area contributed by atoms with Crippen molar-refractivity contribution in [1.29, 1.82) is 0 Å². The number of benzene rings is 2. The summed E-state index contributed by atoms with van der Waals surface area (Å²) >= 11 is 5.99. The zero-order valence-corrected chi connectivity index (χ0v) is 14.7. The van der Waals surface area contributed by atoms with Gasteiger partial charge in [-0.1, -0.05) is 23.7 Å². The van der Waals surface area contributed by atoms with Crippen molar-refractivity contribution in [2.24, 2.45) is 0 Å². The summed E-state index contributed by atoms with van der Waals surface area (Å²) in [6.45, 7) is 2.24. The highest BCUT2D eigenvalue weighted by molar-refractivity contribution is 6.31. The van der Waals surface area contributed by atoms with Crippen LogP contribution in [0, 0.1) is 5.82 Å². The number of carbonyl (C=O) groups excluding carboxylic acids is 1. The summed E-state index contributed by atoms with van der Waals surface area (Å²) in [5.74, 6) is 0.206. The Bertz CT molecular complexity index is 774. The summed E-state index contributed by atoms with van der Waals surface area (Å²) in [7, 11) is 1.52. The van der Waals surface area contributed by atoms with Crippen LogP contribution in [0.25, 0.3) is 6.08 Å². The van der Waals surface area contributed by atoms with Gasteiger partial charge in [-0.05, 0) is 42.8 Å². The van der Waals surface area contributed by atoms with E-state index in [-0.39, 0.29) is 6.61 Å². The number of hydrogen-bond acceptors (Lipinski definition) is 4. The van der Waals surface area contributed by atoms with Gasteiger partial charge in [-0.3, -0.25) is 0 Å². The molecule has 0 atom stereocenters. The van der Waals surface area contributed by atoms with Gasteiger partial charge in [0.25, 0.3) is 0 Å². The van der Waals surface area contributed by atoms with Crippen molar-refractivity contribution in [3.8, 4) is 11.5 Å². The third-order valence-corrected chi connectivity index (χ3v) is 3.64. The van der Waals surface area contributed by atoms with Crippen LogP contribution >= 0.6 is 11.6 Å². The first kappa shape index (κ1) is 18.8. The Kier molecular flexibility index (Phi) is 6.83. The Balaban J connectivity index is 2.09. The predicted octanol–water partition coefficient (Wildman–Crippen LogP) is 4.64. The lowest BCUT2D eigenvalue weighted by Crippen LogP contribution is -2.00. The Hall–Kier alpha value is -2.53. The van der Waals surface area contributed by atoms with E-state index in [1.807, 2.05) is 0 Å². The molecule has 2 rings (SSSR count). The first-order valence-corrected chi connectivity index (χ1v) is 8.01. The molecule has 6 heteroatoms. The minimum atomic E-state index is -0.409. The van der Waals surface area contributed by atoms with Gasteiger partial charge in [-0.2, -0.15) is 0 Å². The molecule has 4 nitrogen and oxygen atoms in total. The molecular weight excluding hydrogens is 347 g/mol. The van der Waals surface area contributed by atoms with Gasteiger partial charge in [0.15, 0.2) is 11.5 Å². The molecule has 0 saturated carbocycles. The molecule has 0 aromatic heterocycles. The van der Waals surface area contributed by atoms with Crippen molar-refractivity contribution in [2.45, 2.75) is 13.5 Å². The summed E-state index contributed by atoms with van der Waals surface area (Å²) < 4.78 is 28.9. The van der Waals surface area contributed by atoms with E-state index in [2.05, 4.69) is 0 Å². The molecule has 2 aromatic carbocycles. The molecule has 0 bridgehead atoms. The van der Waals surface area contributed by atoms with E-state index in [1.165, 1.54) is 25.3 Å².